The quantitative estimate of drug-likeness (QED) is 0.732. The number of aryl methyl sites for hydroxylation is 1. The summed E-state index contributed by atoms with van der Waals surface area (Å²) < 4.78 is 1.54. The van der Waals surface area contributed by atoms with Crippen molar-refractivity contribution >= 4 is 43.0 Å². The molecule has 2 aromatic rings. The van der Waals surface area contributed by atoms with E-state index in [2.05, 4.69) is 46.8 Å². The number of hydrogen-bond donors (Lipinski definition) is 2. The molecule has 0 aromatic carbocycles. The summed E-state index contributed by atoms with van der Waals surface area (Å²) in [7, 11) is 0. The zero-order chi connectivity index (χ0) is 9.59. The van der Waals surface area contributed by atoms with Crippen molar-refractivity contribution in [1.29, 1.82) is 0 Å². The summed E-state index contributed by atoms with van der Waals surface area (Å²) in [5.41, 5.74) is 2.02. The van der Waals surface area contributed by atoms with Gasteiger partial charge in [0, 0.05) is 0 Å². The molecule has 0 spiro atoms. The summed E-state index contributed by atoms with van der Waals surface area (Å²) in [5.74, 6) is 0. The Morgan fingerprint density at radius 3 is 2.69 bits per heavy atom. The van der Waals surface area contributed by atoms with Gasteiger partial charge in [-0.2, -0.15) is 0 Å². The van der Waals surface area contributed by atoms with Crippen molar-refractivity contribution in [2.24, 2.45) is 0 Å². The number of nitrogens with zero attached hydrogens (tertiary/aromatic N) is 1. The highest BCUT2D eigenvalue weighted by Gasteiger charge is 2.09. The number of fused-ring (bicyclic) bond motifs is 1. The van der Waals surface area contributed by atoms with Crippen molar-refractivity contribution in [1.82, 2.24) is 15.0 Å². The van der Waals surface area contributed by atoms with Crippen LogP contribution in [-0.4, -0.2) is 15.0 Å². The smallest absolute Gasteiger partial charge is 0.304 e. The van der Waals surface area contributed by atoms with Gasteiger partial charge in [0.1, 0.15) is 4.60 Å². The first kappa shape index (κ1) is 8.96. The van der Waals surface area contributed by atoms with Gasteiger partial charge in [-0.25, -0.2) is 9.78 Å². The van der Waals surface area contributed by atoms with Crippen LogP contribution in [-0.2, 0) is 0 Å². The molecule has 0 aliphatic rings. The minimum Gasteiger partial charge on any atom is -0.304 e. The summed E-state index contributed by atoms with van der Waals surface area (Å²) >= 11 is 6.65. The highest BCUT2D eigenvalue weighted by molar-refractivity contribution is 9.13. The first-order chi connectivity index (χ1) is 6.09. The van der Waals surface area contributed by atoms with E-state index >= 15 is 0 Å². The number of imidazole rings is 1. The van der Waals surface area contributed by atoms with Crippen LogP contribution in [0.4, 0.5) is 0 Å². The van der Waals surface area contributed by atoms with Crippen molar-refractivity contribution < 1.29 is 0 Å². The molecule has 2 aromatic heterocycles. The first-order valence-electron chi connectivity index (χ1n) is 3.53. The Morgan fingerprint density at radius 1 is 1.31 bits per heavy atom. The third kappa shape index (κ3) is 1.34. The number of aromatic amines is 2. The second-order valence-electron chi connectivity index (χ2n) is 2.64. The molecule has 0 radical (unpaired) electrons. The minimum atomic E-state index is -0.240. The van der Waals surface area contributed by atoms with E-state index in [4.69, 9.17) is 0 Å². The molecule has 0 aliphatic carbocycles. The monoisotopic (exact) mass is 305 g/mol. The average Bonchev–Trinajstić information content (AvgIpc) is 2.42. The Hall–Kier alpha value is -0.620. The van der Waals surface area contributed by atoms with Gasteiger partial charge in [-0.05, 0) is 44.3 Å². The molecule has 0 saturated heterocycles. The number of aromatic nitrogens is 3. The van der Waals surface area contributed by atoms with E-state index < -0.39 is 0 Å². The van der Waals surface area contributed by atoms with Crippen LogP contribution in [0.25, 0.3) is 11.2 Å². The number of rotatable bonds is 0. The highest BCUT2D eigenvalue weighted by Crippen LogP contribution is 2.28. The van der Waals surface area contributed by atoms with Gasteiger partial charge >= 0.3 is 5.69 Å². The Labute approximate surface area is 90.0 Å². The molecule has 68 valence electrons. The predicted molar refractivity (Wildman–Crippen MR) is 56.9 cm³/mol. The van der Waals surface area contributed by atoms with Gasteiger partial charge in [0.15, 0.2) is 5.65 Å². The molecule has 0 fully saturated rings. The van der Waals surface area contributed by atoms with Gasteiger partial charge in [0.2, 0.25) is 0 Å². The topological polar surface area (TPSA) is 61.5 Å². The number of pyridine rings is 1. The Balaban J connectivity index is 3.00. The maximum Gasteiger partial charge on any atom is 0.325 e. The fourth-order valence-electron chi connectivity index (χ4n) is 1.14. The van der Waals surface area contributed by atoms with Crippen LogP contribution in [0.3, 0.4) is 0 Å². The largest absolute Gasteiger partial charge is 0.325 e. The highest BCUT2D eigenvalue weighted by atomic mass is 79.9. The first-order valence-corrected chi connectivity index (χ1v) is 5.12. The van der Waals surface area contributed by atoms with Crippen molar-refractivity contribution in [3.63, 3.8) is 0 Å². The van der Waals surface area contributed by atoms with Crippen LogP contribution in [0.1, 0.15) is 5.56 Å². The summed E-state index contributed by atoms with van der Waals surface area (Å²) in [4.78, 5) is 20.4. The van der Waals surface area contributed by atoms with Crippen LogP contribution in [0.5, 0.6) is 0 Å². The van der Waals surface area contributed by atoms with Crippen LogP contribution < -0.4 is 5.69 Å². The SMILES string of the molecule is Cc1c(Br)c(Br)nc2[nH]c(=O)[nH]c12. The lowest BCUT2D eigenvalue weighted by Gasteiger charge is -2.00. The van der Waals surface area contributed by atoms with Gasteiger partial charge in [-0.15, -0.1) is 0 Å². The molecule has 4 nitrogen and oxygen atoms in total. The molecule has 2 N–H and O–H groups in total. The van der Waals surface area contributed by atoms with Gasteiger partial charge in [0.05, 0.1) is 9.99 Å². The van der Waals surface area contributed by atoms with Gasteiger partial charge in [0.25, 0.3) is 0 Å². The van der Waals surface area contributed by atoms with E-state index in [0.29, 0.717) is 10.3 Å². The molecule has 2 rings (SSSR count). The molecule has 0 amide bonds. The summed E-state index contributed by atoms with van der Waals surface area (Å²) in [6, 6.07) is 0. The van der Waals surface area contributed by atoms with Crippen LogP contribution in [0.15, 0.2) is 13.9 Å². The van der Waals surface area contributed by atoms with Crippen molar-refractivity contribution in [3.05, 3.63) is 25.1 Å². The maximum absolute atomic E-state index is 11.0. The van der Waals surface area contributed by atoms with E-state index in [1.54, 1.807) is 0 Å². The number of H-pyrrole nitrogens is 2. The molecule has 0 bridgehead atoms. The van der Waals surface area contributed by atoms with Gasteiger partial charge < -0.3 is 4.98 Å². The summed E-state index contributed by atoms with van der Waals surface area (Å²) in [6.45, 7) is 1.91. The zero-order valence-electron chi connectivity index (χ0n) is 6.61. The molecule has 0 saturated carbocycles. The second-order valence-corrected chi connectivity index (χ2v) is 4.19. The van der Waals surface area contributed by atoms with Crippen LogP contribution >= 0.6 is 31.9 Å². The molecule has 6 heteroatoms. The van der Waals surface area contributed by atoms with Gasteiger partial charge in [-0.1, -0.05) is 0 Å². The van der Waals surface area contributed by atoms with Crippen LogP contribution in [0, 0.1) is 6.92 Å². The number of nitrogens with one attached hydrogen (secondary N) is 2. The lowest BCUT2D eigenvalue weighted by atomic mass is 10.3. The summed E-state index contributed by atoms with van der Waals surface area (Å²) in [6.07, 6.45) is 0. The second kappa shape index (κ2) is 2.95. The van der Waals surface area contributed by atoms with Crippen molar-refractivity contribution in [2.45, 2.75) is 6.92 Å². The lowest BCUT2D eigenvalue weighted by Crippen LogP contribution is -1.99. The molecule has 13 heavy (non-hydrogen) atoms. The average molecular weight is 307 g/mol. The molecular weight excluding hydrogens is 302 g/mol. The number of halogens is 2. The molecule has 0 unspecified atom stereocenters. The zero-order valence-corrected chi connectivity index (χ0v) is 9.78. The van der Waals surface area contributed by atoms with E-state index in [9.17, 15) is 4.79 Å². The lowest BCUT2D eigenvalue weighted by molar-refractivity contribution is 1.19. The fourth-order valence-corrected chi connectivity index (χ4v) is 1.90. The fraction of sp³-hybridized carbons (Fsp3) is 0.143. The Morgan fingerprint density at radius 2 is 2.00 bits per heavy atom. The van der Waals surface area contributed by atoms with Crippen LogP contribution in [0.2, 0.25) is 0 Å². The van der Waals surface area contributed by atoms with Crippen molar-refractivity contribution in [2.75, 3.05) is 0 Å². The van der Waals surface area contributed by atoms with E-state index in [1.807, 2.05) is 6.92 Å². The third-order valence-corrected chi connectivity index (χ3v) is 3.88. The predicted octanol–water partition coefficient (Wildman–Crippen LogP) is 2.08. The standard InChI is InChI=1S/C7H5Br2N3O/c1-2-3(8)5(9)11-6-4(2)10-7(13)12-6/h1H3,(H2,10,11,12,13). The number of hydrogen-bond acceptors (Lipinski definition) is 2. The van der Waals surface area contributed by atoms with E-state index in [-0.39, 0.29) is 5.69 Å². The minimum absolute atomic E-state index is 0.240. The van der Waals surface area contributed by atoms with Crippen molar-refractivity contribution in [3.8, 4) is 0 Å². The third-order valence-electron chi connectivity index (χ3n) is 1.80. The molecule has 0 atom stereocenters. The Kier molecular flexibility index (Phi) is 2.03. The van der Waals surface area contributed by atoms with E-state index in [1.165, 1.54) is 0 Å². The van der Waals surface area contributed by atoms with E-state index in [0.717, 1.165) is 15.6 Å². The molecule has 2 heterocycles. The van der Waals surface area contributed by atoms with Gasteiger partial charge in [-0.3, -0.25) is 4.98 Å². The summed E-state index contributed by atoms with van der Waals surface area (Å²) in [5, 5.41) is 0. The Bertz CT molecular complexity index is 528. The normalized spacial score (nSPS) is 11.0. The molecular formula is C7H5Br2N3O. The maximum atomic E-state index is 11.0. The molecule has 0 aliphatic heterocycles.